The topological polar surface area (TPSA) is 61.0 Å². The number of ether oxygens (including phenoxy) is 1. The minimum absolute atomic E-state index is 0.316. The lowest BCUT2D eigenvalue weighted by Crippen LogP contribution is -2.15. The zero-order valence-corrected chi connectivity index (χ0v) is 10.6. The van der Waals surface area contributed by atoms with Crippen LogP contribution in [-0.4, -0.2) is 30.2 Å². The molecule has 0 aromatic carbocycles. The highest BCUT2D eigenvalue weighted by molar-refractivity contribution is 5.28. The molecule has 0 fully saturated rings. The normalized spacial score (nSPS) is 12.8. The third-order valence-electron chi connectivity index (χ3n) is 2.75. The molecule has 0 radical (unpaired) electrons. The van der Waals surface area contributed by atoms with Crippen molar-refractivity contribution in [2.24, 2.45) is 5.73 Å². The summed E-state index contributed by atoms with van der Waals surface area (Å²) in [6.07, 6.45) is 0.759. The minimum atomic E-state index is 0.316. The number of nitrogens with zero attached hydrogens (tertiary/aromatic N) is 2. The molecule has 0 saturated carbocycles. The van der Waals surface area contributed by atoms with Crippen LogP contribution in [0, 0.1) is 13.8 Å². The molecule has 0 bridgehead atoms. The van der Waals surface area contributed by atoms with Gasteiger partial charge < -0.3 is 10.5 Å². The summed E-state index contributed by atoms with van der Waals surface area (Å²) in [6.45, 7) is 7.43. The minimum Gasteiger partial charge on any atom is -0.384 e. The summed E-state index contributed by atoms with van der Waals surface area (Å²) < 4.78 is 5.02. The van der Waals surface area contributed by atoms with E-state index in [1.54, 1.807) is 7.11 Å². The summed E-state index contributed by atoms with van der Waals surface area (Å²) in [4.78, 5) is 8.99. The van der Waals surface area contributed by atoms with E-state index in [4.69, 9.17) is 10.5 Å². The van der Waals surface area contributed by atoms with Crippen LogP contribution in [0.25, 0.3) is 0 Å². The van der Waals surface area contributed by atoms with Gasteiger partial charge in [0.05, 0.1) is 6.61 Å². The molecule has 0 amide bonds. The van der Waals surface area contributed by atoms with Crippen molar-refractivity contribution in [3.05, 3.63) is 22.8 Å². The van der Waals surface area contributed by atoms with Gasteiger partial charge in [0.2, 0.25) is 0 Å². The van der Waals surface area contributed by atoms with Crippen molar-refractivity contribution < 1.29 is 4.74 Å². The van der Waals surface area contributed by atoms with Gasteiger partial charge in [0.15, 0.2) is 0 Å². The van der Waals surface area contributed by atoms with Gasteiger partial charge in [-0.2, -0.15) is 0 Å². The summed E-state index contributed by atoms with van der Waals surface area (Å²) in [6, 6.07) is 0. The van der Waals surface area contributed by atoms with Gasteiger partial charge in [0.25, 0.3) is 0 Å². The first-order valence-electron chi connectivity index (χ1n) is 5.63. The van der Waals surface area contributed by atoms with Gasteiger partial charge >= 0.3 is 0 Å². The van der Waals surface area contributed by atoms with Crippen LogP contribution in [0.15, 0.2) is 0 Å². The Morgan fingerprint density at radius 2 is 1.81 bits per heavy atom. The molecule has 0 aliphatic carbocycles. The number of hydrogen-bond donors (Lipinski definition) is 1. The Balaban J connectivity index is 2.98. The molecule has 0 saturated heterocycles. The highest BCUT2D eigenvalue weighted by Gasteiger charge is 2.13. The lowest BCUT2D eigenvalue weighted by molar-refractivity contribution is 0.200. The Labute approximate surface area is 97.2 Å². The first kappa shape index (κ1) is 13.1. The van der Waals surface area contributed by atoms with Crippen LogP contribution in [0.2, 0.25) is 0 Å². The van der Waals surface area contributed by atoms with E-state index in [0.29, 0.717) is 19.1 Å². The van der Waals surface area contributed by atoms with Crippen molar-refractivity contribution in [3.8, 4) is 0 Å². The Morgan fingerprint density at radius 3 is 2.25 bits per heavy atom. The molecule has 1 unspecified atom stereocenters. The molecule has 1 rings (SSSR count). The fourth-order valence-electron chi connectivity index (χ4n) is 1.93. The van der Waals surface area contributed by atoms with Gasteiger partial charge in [-0.15, -0.1) is 0 Å². The average molecular weight is 223 g/mol. The number of rotatable bonds is 5. The van der Waals surface area contributed by atoms with Gasteiger partial charge in [-0.05, 0) is 31.9 Å². The monoisotopic (exact) mass is 223 g/mol. The second kappa shape index (κ2) is 5.92. The SMILES string of the molecule is COCCc1nc(C)c(C(C)CN)c(C)n1. The molecule has 1 atom stereocenters. The van der Waals surface area contributed by atoms with Gasteiger partial charge in [0.1, 0.15) is 5.82 Å². The van der Waals surface area contributed by atoms with Crippen molar-refractivity contribution in [2.45, 2.75) is 33.1 Å². The number of aryl methyl sites for hydroxylation is 2. The molecular formula is C12H21N3O. The van der Waals surface area contributed by atoms with Crippen LogP contribution in [0.3, 0.4) is 0 Å². The second-order valence-corrected chi connectivity index (χ2v) is 4.10. The summed E-state index contributed by atoms with van der Waals surface area (Å²) in [5.74, 6) is 1.17. The van der Waals surface area contributed by atoms with E-state index in [2.05, 4.69) is 16.9 Å². The maximum atomic E-state index is 5.68. The van der Waals surface area contributed by atoms with Crippen molar-refractivity contribution in [1.29, 1.82) is 0 Å². The van der Waals surface area contributed by atoms with Crippen LogP contribution >= 0.6 is 0 Å². The van der Waals surface area contributed by atoms with Crippen LogP contribution < -0.4 is 5.73 Å². The third kappa shape index (κ3) is 3.00. The number of hydrogen-bond acceptors (Lipinski definition) is 4. The van der Waals surface area contributed by atoms with E-state index < -0.39 is 0 Å². The number of aromatic nitrogens is 2. The second-order valence-electron chi connectivity index (χ2n) is 4.10. The Morgan fingerprint density at radius 1 is 1.25 bits per heavy atom. The molecule has 1 aromatic heterocycles. The summed E-state index contributed by atoms with van der Waals surface area (Å²) in [5.41, 5.74) is 8.95. The van der Waals surface area contributed by atoms with Crippen LogP contribution in [0.4, 0.5) is 0 Å². The first-order chi connectivity index (χ1) is 7.60. The molecule has 0 spiro atoms. The molecule has 0 aliphatic rings. The quantitative estimate of drug-likeness (QED) is 0.818. The Kier molecular flexibility index (Phi) is 4.83. The smallest absolute Gasteiger partial charge is 0.131 e. The van der Waals surface area contributed by atoms with Gasteiger partial charge in [-0.1, -0.05) is 6.92 Å². The molecule has 0 aliphatic heterocycles. The van der Waals surface area contributed by atoms with Crippen molar-refractivity contribution in [2.75, 3.05) is 20.3 Å². The molecule has 4 nitrogen and oxygen atoms in total. The van der Waals surface area contributed by atoms with Crippen molar-refractivity contribution >= 4 is 0 Å². The largest absolute Gasteiger partial charge is 0.384 e. The summed E-state index contributed by atoms with van der Waals surface area (Å²) in [7, 11) is 1.69. The molecule has 16 heavy (non-hydrogen) atoms. The molecular weight excluding hydrogens is 202 g/mol. The average Bonchev–Trinajstić information content (AvgIpc) is 2.25. The fourth-order valence-corrected chi connectivity index (χ4v) is 1.93. The zero-order chi connectivity index (χ0) is 12.1. The van der Waals surface area contributed by atoms with Crippen LogP contribution in [-0.2, 0) is 11.2 Å². The Hall–Kier alpha value is -1.00. The molecule has 1 heterocycles. The van der Waals surface area contributed by atoms with Crippen LogP contribution in [0.5, 0.6) is 0 Å². The summed E-state index contributed by atoms with van der Waals surface area (Å²) >= 11 is 0. The van der Waals surface area contributed by atoms with E-state index in [-0.39, 0.29) is 0 Å². The maximum Gasteiger partial charge on any atom is 0.131 e. The van der Waals surface area contributed by atoms with Gasteiger partial charge in [-0.25, -0.2) is 9.97 Å². The number of nitrogens with two attached hydrogens (primary N) is 1. The predicted molar refractivity (Wildman–Crippen MR) is 64.6 cm³/mol. The van der Waals surface area contributed by atoms with E-state index in [1.165, 1.54) is 5.56 Å². The van der Waals surface area contributed by atoms with Crippen molar-refractivity contribution in [1.82, 2.24) is 9.97 Å². The molecule has 2 N–H and O–H groups in total. The molecule has 90 valence electrons. The molecule has 4 heteroatoms. The third-order valence-corrected chi connectivity index (χ3v) is 2.75. The van der Waals surface area contributed by atoms with E-state index in [9.17, 15) is 0 Å². The highest BCUT2D eigenvalue weighted by atomic mass is 16.5. The fraction of sp³-hybridized carbons (Fsp3) is 0.667. The number of methoxy groups -OCH3 is 1. The lowest BCUT2D eigenvalue weighted by atomic mass is 9.98. The first-order valence-corrected chi connectivity index (χ1v) is 5.63. The van der Waals surface area contributed by atoms with Crippen molar-refractivity contribution in [3.63, 3.8) is 0 Å². The standard InChI is InChI=1S/C12H21N3O/c1-8(7-13)12-9(2)14-11(5-6-16-4)15-10(12)3/h8H,5-7,13H2,1-4H3. The van der Waals surface area contributed by atoms with Gasteiger partial charge in [-0.3, -0.25) is 0 Å². The summed E-state index contributed by atoms with van der Waals surface area (Å²) in [5, 5.41) is 0. The van der Waals surface area contributed by atoms with Crippen LogP contribution in [0.1, 0.15) is 35.6 Å². The highest BCUT2D eigenvalue weighted by Crippen LogP contribution is 2.20. The van der Waals surface area contributed by atoms with E-state index in [0.717, 1.165) is 23.6 Å². The zero-order valence-electron chi connectivity index (χ0n) is 10.6. The maximum absolute atomic E-state index is 5.68. The van der Waals surface area contributed by atoms with Gasteiger partial charge in [0, 0.05) is 24.9 Å². The Bertz CT molecular complexity index is 329. The molecule has 1 aromatic rings. The van der Waals surface area contributed by atoms with E-state index >= 15 is 0 Å². The lowest BCUT2D eigenvalue weighted by Gasteiger charge is -2.15. The predicted octanol–water partition coefficient (Wildman–Crippen LogP) is 1.34. The van der Waals surface area contributed by atoms with E-state index in [1.807, 2.05) is 13.8 Å².